The van der Waals surface area contributed by atoms with Crippen molar-refractivity contribution >= 4 is 0 Å². The van der Waals surface area contributed by atoms with Crippen LogP contribution in [0.5, 0.6) is 0 Å². The van der Waals surface area contributed by atoms with Crippen molar-refractivity contribution < 1.29 is 9.63 Å². The van der Waals surface area contributed by atoms with Gasteiger partial charge in [0.25, 0.3) is 0 Å². The Balaban J connectivity index is 1.51. The number of hydrogen-bond acceptors (Lipinski definition) is 5. The van der Waals surface area contributed by atoms with Gasteiger partial charge in [-0.05, 0) is 38.6 Å². The van der Waals surface area contributed by atoms with E-state index in [9.17, 15) is 5.11 Å². The first kappa shape index (κ1) is 12.1. The zero-order valence-corrected chi connectivity index (χ0v) is 10.9. The van der Waals surface area contributed by atoms with Gasteiger partial charge in [0.2, 0.25) is 5.89 Å². The second kappa shape index (κ2) is 4.97. The number of nitrogens with zero attached hydrogens (tertiary/aromatic N) is 3. The molecule has 2 fully saturated rings. The van der Waals surface area contributed by atoms with E-state index in [1.54, 1.807) is 0 Å². The molecule has 1 N–H and O–H groups in total. The van der Waals surface area contributed by atoms with Crippen molar-refractivity contribution in [3.05, 3.63) is 11.7 Å². The highest BCUT2D eigenvalue weighted by Crippen LogP contribution is 2.38. The van der Waals surface area contributed by atoms with E-state index in [1.165, 1.54) is 12.8 Å². The summed E-state index contributed by atoms with van der Waals surface area (Å²) in [4.78, 5) is 6.61. The summed E-state index contributed by atoms with van der Waals surface area (Å²) in [6.45, 7) is 1.62. The third-order valence-electron chi connectivity index (χ3n) is 3.99. The largest absolute Gasteiger partial charge is 0.393 e. The normalized spacial score (nSPS) is 28.2. The maximum atomic E-state index is 9.81. The molecule has 2 unspecified atom stereocenters. The monoisotopic (exact) mass is 251 g/mol. The maximum absolute atomic E-state index is 9.81. The molecule has 18 heavy (non-hydrogen) atoms. The first-order chi connectivity index (χ1) is 8.72. The minimum atomic E-state index is -0.125. The minimum absolute atomic E-state index is 0.125. The summed E-state index contributed by atoms with van der Waals surface area (Å²) in [6, 6.07) is 0. The molecule has 2 saturated carbocycles. The summed E-state index contributed by atoms with van der Waals surface area (Å²) < 4.78 is 5.24. The number of aliphatic hydroxyl groups is 1. The molecule has 0 radical (unpaired) electrons. The van der Waals surface area contributed by atoms with Crippen molar-refractivity contribution in [2.45, 2.75) is 50.7 Å². The Bertz CT molecular complexity index is 403. The number of aromatic nitrogens is 2. The van der Waals surface area contributed by atoms with Crippen LogP contribution in [0.3, 0.4) is 0 Å². The Kier molecular flexibility index (Phi) is 3.35. The van der Waals surface area contributed by atoms with E-state index in [-0.39, 0.29) is 6.10 Å². The molecule has 0 saturated heterocycles. The van der Waals surface area contributed by atoms with Crippen LogP contribution in [0.4, 0.5) is 0 Å². The highest BCUT2D eigenvalue weighted by Gasteiger charge is 2.30. The summed E-state index contributed by atoms with van der Waals surface area (Å²) in [7, 11) is 2.05. The Morgan fingerprint density at radius 2 is 2.17 bits per heavy atom. The highest BCUT2D eigenvalue weighted by atomic mass is 16.5. The van der Waals surface area contributed by atoms with E-state index in [4.69, 9.17) is 4.52 Å². The van der Waals surface area contributed by atoms with E-state index < -0.39 is 0 Å². The summed E-state index contributed by atoms with van der Waals surface area (Å²) in [5.74, 6) is 2.50. The molecule has 3 rings (SSSR count). The van der Waals surface area contributed by atoms with Crippen LogP contribution >= 0.6 is 0 Å². The van der Waals surface area contributed by atoms with Crippen molar-refractivity contribution in [2.75, 3.05) is 13.6 Å². The van der Waals surface area contributed by atoms with Crippen LogP contribution in [0, 0.1) is 5.92 Å². The van der Waals surface area contributed by atoms with Crippen LogP contribution < -0.4 is 0 Å². The average Bonchev–Trinajstić information content (AvgIpc) is 2.97. The predicted octanol–water partition coefficient (Wildman–Crippen LogP) is 1.54. The van der Waals surface area contributed by atoms with Crippen molar-refractivity contribution in [3.8, 4) is 0 Å². The molecular formula is C13H21N3O2. The zero-order valence-electron chi connectivity index (χ0n) is 10.9. The maximum Gasteiger partial charge on any atom is 0.229 e. The third kappa shape index (κ3) is 2.72. The second-order valence-electron chi connectivity index (χ2n) is 5.78. The molecule has 100 valence electrons. The quantitative estimate of drug-likeness (QED) is 0.860. The summed E-state index contributed by atoms with van der Waals surface area (Å²) in [5, 5.41) is 13.8. The Hall–Kier alpha value is -0.940. The molecule has 2 atom stereocenters. The van der Waals surface area contributed by atoms with Crippen LogP contribution in [0.15, 0.2) is 4.52 Å². The summed E-state index contributed by atoms with van der Waals surface area (Å²) in [5.41, 5.74) is 0. The molecule has 1 aromatic rings. The smallest absolute Gasteiger partial charge is 0.229 e. The van der Waals surface area contributed by atoms with Gasteiger partial charge in [-0.15, -0.1) is 0 Å². The highest BCUT2D eigenvalue weighted by molar-refractivity contribution is 5.01. The Labute approximate surface area is 107 Å². The SMILES string of the molecule is CN(Cc1noc(C2CC2)n1)CC1CCCC1O. The van der Waals surface area contributed by atoms with Gasteiger partial charge in [-0.1, -0.05) is 11.6 Å². The molecule has 0 spiro atoms. The lowest BCUT2D eigenvalue weighted by molar-refractivity contribution is 0.107. The van der Waals surface area contributed by atoms with E-state index in [0.717, 1.165) is 37.5 Å². The summed E-state index contributed by atoms with van der Waals surface area (Å²) >= 11 is 0. The molecule has 0 bridgehead atoms. The van der Waals surface area contributed by atoms with Gasteiger partial charge in [0.15, 0.2) is 5.82 Å². The number of hydrogen-bond donors (Lipinski definition) is 1. The third-order valence-corrected chi connectivity index (χ3v) is 3.99. The van der Waals surface area contributed by atoms with Crippen LogP contribution in [-0.4, -0.2) is 39.8 Å². The number of aliphatic hydroxyl groups excluding tert-OH is 1. The topological polar surface area (TPSA) is 62.4 Å². The second-order valence-corrected chi connectivity index (χ2v) is 5.78. The minimum Gasteiger partial charge on any atom is -0.393 e. The fourth-order valence-corrected chi connectivity index (χ4v) is 2.76. The van der Waals surface area contributed by atoms with Crippen molar-refractivity contribution in [1.29, 1.82) is 0 Å². The van der Waals surface area contributed by atoms with Crippen molar-refractivity contribution in [2.24, 2.45) is 5.92 Å². The lowest BCUT2D eigenvalue weighted by atomic mass is 10.1. The number of rotatable bonds is 5. The first-order valence-corrected chi connectivity index (χ1v) is 6.91. The standard InChI is InChI=1S/C13H21N3O2/c1-16(7-10-3-2-4-11(10)17)8-12-14-13(18-15-12)9-5-6-9/h9-11,17H,2-8H2,1H3. The van der Waals surface area contributed by atoms with E-state index in [2.05, 4.69) is 22.1 Å². The van der Waals surface area contributed by atoms with Crippen LogP contribution in [-0.2, 0) is 6.54 Å². The molecule has 2 aliphatic carbocycles. The lowest BCUT2D eigenvalue weighted by Crippen LogP contribution is -2.29. The fraction of sp³-hybridized carbons (Fsp3) is 0.846. The van der Waals surface area contributed by atoms with Gasteiger partial charge in [0, 0.05) is 12.5 Å². The van der Waals surface area contributed by atoms with E-state index in [0.29, 0.717) is 18.4 Å². The molecule has 5 heteroatoms. The van der Waals surface area contributed by atoms with Crippen LogP contribution in [0.25, 0.3) is 0 Å². The van der Waals surface area contributed by atoms with Crippen LogP contribution in [0.2, 0.25) is 0 Å². The van der Waals surface area contributed by atoms with Gasteiger partial charge in [0.1, 0.15) is 0 Å². The zero-order chi connectivity index (χ0) is 12.5. The molecule has 2 aliphatic rings. The van der Waals surface area contributed by atoms with E-state index >= 15 is 0 Å². The fourth-order valence-electron chi connectivity index (χ4n) is 2.76. The molecule has 1 aromatic heterocycles. The molecule has 0 aromatic carbocycles. The van der Waals surface area contributed by atoms with Gasteiger partial charge in [-0.25, -0.2) is 0 Å². The first-order valence-electron chi connectivity index (χ1n) is 6.91. The molecule has 0 amide bonds. The molecule has 1 heterocycles. The van der Waals surface area contributed by atoms with Gasteiger partial charge in [-0.3, -0.25) is 4.90 Å². The Morgan fingerprint density at radius 3 is 2.83 bits per heavy atom. The van der Waals surface area contributed by atoms with Crippen LogP contribution in [0.1, 0.15) is 49.7 Å². The van der Waals surface area contributed by atoms with Crippen molar-refractivity contribution in [1.82, 2.24) is 15.0 Å². The van der Waals surface area contributed by atoms with Gasteiger partial charge >= 0.3 is 0 Å². The van der Waals surface area contributed by atoms with E-state index in [1.807, 2.05) is 0 Å². The predicted molar refractivity (Wildman–Crippen MR) is 66.0 cm³/mol. The molecular weight excluding hydrogens is 230 g/mol. The molecule has 0 aliphatic heterocycles. The van der Waals surface area contributed by atoms with Crippen molar-refractivity contribution in [3.63, 3.8) is 0 Å². The molecule has 5 nitrogen and oxygen atoms in total. The Morgan fingerprint density at radius 1 is 1.33 bits per heavy atom. The van der Waals surface area contributed by atoms with Gasteiger partial charge < -0.3 is 9.63 Å². The van der Waals surface area contributed by atoms with Gasteiger partial charge in [0.05, 0.1) is 12.6 Å². The average molecular weight is 251 g/mol. The summed E-state index contributed by atoms with van der Waals surface area (Å²) in [6.07, 6.45) is 5.47. The lowest BCUT2D eigenvalue weighted by Gasteiger charge is -2.21. The van der Waals surface area contributed by atoms with Gasteiger partial charge in [-0.2, -0.15) is 4.98 Å².